The predicted octanol–water partition coefficient (Wildman–Crippen LogP) is 2.02. The number of carbonyl (C=O) groups is 6. The minimum Gasteiger partial charge on any atom is -0.465 e. The Morgan fingerprint density at radius 2 is 1.57 bits per heavy atom. The van der Waals surface area contributed by atoms with Crippen molar-refractivity contribution in [1.82, 2.24) is 0 Å². The summed E-state index contributed by atoms with van der Waals surface area (Å²) in [5.41, 5.74) is -7.35. The maximum atomic E-state index is 14.0. The molecule has 14 heteroatoms. The Kier molecular flexibility index (Phi) is 10.1. The van der Waals surface area contributed by atoms with Crippen LogP contribution in [0.4, 0.5) is 0 Å². The molecule has 1 saturated heterocycles. The van der Waals surface area contributed by atoms with E-state index in [4.69, 9.17) is 28.4 Å². The van der Waals surface area contributed by atoms with Gasteiger partial charge in [0.25, 0.3) is 0 Å². The summed E-state index contributed by atoms with van der Waals surface area (Å²) >= 11 is 0. The summed E-state index contributed by atoms with van der Waals surface area (Å²) in [5, 5.41) is 25.3. The fourth-order valence-electron chi connectivity index (χ4n) is 8.97. The van der Waals surface area contributed by atoms with Crippen LogP contribution < -0.4 is 0 Å². The molecular weight excluding hydrogens is 668 g/mol. The monoisotopic (exact) mass is 712 g/mol. The van der Waals surface area contributed by atoms with Crippen LogP contribution in [0.5, 0.6) is 0 Å². The topological polar surface area (TPSA) is 198 Å². The van der Waals surface area contributed by atoms with Gasteiger partial charge in [-0.25, -0.2) is 4.79 Å². The number of hydrogen-bond acceptors (Lipinski definition) is 14. The van der Waals surface area contributed by atoms with Gasteiger partial charge in [0.1, 0.15) is 42.7 Å². The van der Waals surface area contributed by atoms with Crippen LogP contribution in [0.3, 0.4) is 0 Å². The standard InChI is InChI=1S/C37H44O14/c1-19-26(51-29(43)14-13-24-11-9-8-10-12-24)16-28(48-21(3)39)36(18-46-20(2)38)30(19)31(49-22(4)40)25-15-27(42)35(7)37(45,34(25,6)17-47-35)32(44)33(36)50-23(5)41/h8-14,25-26,28,30-33,44-45H,1,15-18H2,2-7H3/b14-13+/t25-,26?,28?,30-,31?,32?,33?,34+,35-,36+,37-/m0/s1. The van der Waals surface area contributed by atoms with Gasteiger partial charge in [-0.05, 0) is 24.1 Å². The van der Waals surface area contributed by atoms with Crippen molar-refractivity contribution in [3.8, 4) is 0 Å². The van der Waals surface area contributed by atoms with Crippen LogP contribution in [0.2, 0.25) is 0 Å². The number of benzene rings is 1. The Hall–Kier alpha value is -4.40. The van der Waals surface area contributed by atoms with Crippen molar-refractivity contribution in [2.45, 2.75) is 96.1 Å². The van der Waals surface area contributed by atoms with Crippen LogP contribution in [0.1, 0.15) is 59.9 Å². The number of esters is 5. The van der Waals surface area contributed by atoms with E-state index in [-0.39, 0.29) is 25.0 Å². The highest BCUT2D eigenvalue weighted by Gasteiger charge is 2.82. The Balaban J connectivity index is 1.78. The van der Waals surface area contributed by atoms with Crippen LogP contribution >= 0.6 is 0 Å². The lowest BCUT2D eigenvalue weighted by atomic mass is 9.43. The summed E-state index contributed by atoms with van der Waals surface area (Å²) in [6.45, 7) is 10.5. The zero-order valence-corrected chi connectivity index (χ0v) is 29.4. The van der Waals surface area contributed by atoms with E-state index in [0.29, 0.717) is 5.56 Å². The number of fused-ring (bicyclic) bond motifs is 1. The summed E-state index contributed by atoms with van der Waals surface area (Å²) in [7, 11) is 0. The largest absolute Gasteiger partial charge is 0.465 e. The Morgan fingerprint density at radius 1 is 0.941 bits per heavy atom. The van der Waals surface area contributed by atoms with Crippen molar-refractivity contribution in [2.75, 3.05) is 13.2 Å². The Morgan fingerprint density at radius 3 is 2.16 bits per heavy atom. The van der Waals surface area contributed by atoms with Crippen LogP contribution in [0.25, 0.3) is 6.08 Å². The molecule has 0 aromatic heterocycles. The van der Waals surface area contributed by atoms with Gasteiger partial charge in [0, 0.05) is 63.9 Å². The molecular formula is C37H44O14. The van der Waals surface area contributed by atoms with Crippen molar-refractivity contribution < 1.29 is 67.4 Å². The van der Waals surface area contributed by atoms with E-state index >= 15 is 0 Å². The van der Waals surface area contributed by atoms with Gasteiger partial charge in [0.15, 0.2) is 11.4 Å². The van der Waals surface area contributed by atoms with E-state index in [9.17, 15) is 39.0 Å². The lowest BCUT2D eigenvalue weighted by molar-refractivity contribution is -0.300. The molecule has 11 atom stereocenters. The van der Waals surface area contributed by atoms with E-state index in [2.05, 4.69) is 6.58 Å². The second-order valence-electron chi connectivity index (χ2n) is 14.2. The molecule has 5 unspecified atom stereocenters. The minimum absolute atomic E-state index is 0.0661. The predicted molar refractivity (Wildman–Crippen MR) is 175 cm³/mol. The second kappa shape index (κ2) is 13.6. The molecule has 0 spiro atoms. The van der Waals surface area contributed by atoms with Crippen LogP contribution in [0, 0.1) is 22.7 Å². The number of aliphatic hydroxyl groups excluding tert-OH is 1. The maximum Gasteiger partial charge on any atom is 0.331 e. The zero-order valence-electron chi connectivity index (χ0n) is 29.4. The van der Waals surface area contributed by atoms with Crippen molar-refractivity contribution in [3.05, 3.63) is 54.1 Å². The van der Waals surface area contributed by atoms with Crippen LogP contribution in [0.15, 0.2) is 48.6 Å². The van der Waals surface area contributed by atoms with E-state index in [0.717, 1.165) is 27.7 Å². The highest BCUT2D eigenvalue weighted by molar-refractivity contribution is 5.91. The molecule has 3 saturated carbocycles. The number of aliphatic hydroxyl groups is 2. The molecule has 0 amide bonds. The molecule has 4 bridgehead atoms. The van der Waals surface area contributed by atoms with Gasteiger partial charge in [0.05, 0.1) is 12.0 Å². The zero-order chi connectivity index (χ0) is 37.7. The fraction of sp³-hybridized carbons (Fsp3) is 0.568. The van der Waals surface area contributed by atoms with Gasteiger partial charge in [-0.1, -0.05) is 43.8 Å². The first-order valence-corrected chi connectivity index (χ1v) is 16.7. The first-order chi connectivity index (χ1) is 23.8. The third-order valence-electron chi connectivity index (χ3n) is 11.3. The molecule has 2 N–H and O–H groups in total. The maximum absolute atomic E-state index is 14.0. The molecule has 0 radical (unpaired) electrons. The molecule has 14 nitrogen and oxygen atoms in total. The molecule has 1 aromatic rings. The van der Waals surface area contributed by atoms with Gasteiger partial charge in [-0.15, -0.1) is 0 Å². The minimum atomic E-state index is -2.50. The number of ether oxygens (including phenoxy) is 6. The van der Waals surface area contributed by atoms with E-state index in [1.165, 1.54) is 19.1 Å². The number of Topliss-reactive ketones (excluding diaryl/α,β-unsaturated/α-hetero) is 1. The highest BCUT2D eigenvalue weighted by Crippen LogP contribution is 2.67. The third-order valence-corrected chi connectivity index (χ3v) is 11.3. The van der Waals surface area contributed by atoms with Crippen LogP contribution in [-0.2, 0) is 57.2 Å². The molecule has 276 valence electrons. The van der Waals surface area contributed by atoms with Gasteiger partial charge >= 0.3 is 29.8 Å². The number of rotatable bonds is 8. The van der Waals surface area contributed by atoms with Crippen molar-refractivity contribution >= 4 is 41.7 Å². The molecule has 51 heavy (non-hydrogen) atoms. The molecule has 1 aliphatic heterocycles. The van der Waals surface area contributed by atoms with Crippen molar-refractivity contribution in [3.63, 3.8) is 0 Å². The van der Waals surface area contributed by atoms with Crippen molar-refractivity contribution in [1.29, 1.82) is 0 Å². The summed E-state index contributed by atoms with van der Waals surface area (Å²) in [4.78, 5) is 78.5. The summed E-state index contributed by atoms with van der Waals surface area (Å²) in [6.07, 6.45) is -6.22. The normalized spacial score (nSPS) is 38.5. The third kappa shape index (κ3) is 6.06. The molecule has 4 fully saturated rings. The molecule has 3 aliphatic carbocycles. The SMILES string of the molecule is C=C1C(OC(=O)/C=C/c2ccccc2)CC(OC(C)=O)[C@@]2(COC(C)=O)C(OC(C)=O)C(O)[C@@]3(O)[C@@]4(C)OC[C@]3(C)[C@@H](CC4=O)C(OC(C)=O)[C@H]12. The fourth-order valence-corrected chi connectivity index (χ4v) is 8.97. The Labute approximate surface area is 295 Å². The van der Waals surface area contributed by atoms with Gasteiger partial charge in [-0.3, -0.25) is 24.0 Å². The smallest absolute Gasteiger partial charge is 0.331 e. The summed E-state index contributed by atoms with van der Waals surface area (Å²) < 4.78 is 35.3. The van der Waals surface area contributed by atoms with Gasteiger partial charge in [0.2, 0.25) is 0 Å². The second-order valence-corrected chi connectivity index (χ2v) is 14.2. The summed E-state index contributed by atoms with van der Waals surface area (Å²) in [6, 6.07) is 8.92. The first kappa shape index (κ1) is 37.8. The lowest BCUT2D eigenvalue weighted by Gasteiger charge is -2.64. The van der Waals surface area contributed by atoms with Crippen molar-refractivity contribution in [2.24, 2.45) is 22.7 Å². The number of hydrogen-bond donors (Lipinski definition) is 2. The first-order valence-electron chi connectivity index (χ1n) is 16.7. The molecule has 1 aromatic carbocycles. The highest BCUT2D eigenvalue weighted by atomic mass is 16.6. The average Bonchev–Trinajstić information content (AvgIpc) is 3.20. The van der Waals surface area contributed by atoms with Gasteiger partial charge in [-0.2, -0.15) is 0 Å². The summed E-state index contributed by atoms with van der Waals surface area (Å²) in [5.74, 6) is -7.37. The van der Waals surface area contributed by atoms with Crippen LogP contribution in [-0.4, -0.2) is 101 Å². The lowest BCUT2D eigenvalue weighted by Crippen LogP contribution is -2.80. The number of ketones is 1. The Bertz CT molecular complexity index is 1650. The quantitative estimate of drug-likeness (QED) is 0.172. The van der Waals surface area contributed by atoms with E-state index in [1.54, 1.807) is 31.2 Å². The van der Waals surface area contributed by atoms with E-state index < -0.39 is 107 Å². The average molecular weight is 713 g/mol. The van der Waals surface area contributed by atoms with Gasteiger partial charge < -0.3 is 38.6 Å². The molecule has 4 aliphatic rings. The number of carbonyl (C=O) groups excluding carboxylic acids is 6. The molecule has 1 heterocycles. The van der Waals surface area contributed by atoms with E-state index in [1.807, 2.05) is 6.07 Å². The molecule has 5 rings (SSSR count).